The maximum Gasteiger partial charge on any atom is 0.334 e. The Morgan fingerprint density at radius 1 is 1.06 bits per heavy atom. The van der Waals surface area contributed by atoms with E-state index in [2.05, 4.69) is 5.32 Å². The van der Waals surface area contributed by atoms with Gasteiger partial charge < -0.3 is 21.5 Å². The average molecular weight is 477 g/mol. The van der Waals surface area contributed by atoms with Crippen molar-refractivity contribution in [3.8, 4) is 0 Å². The van der Waals surface area contributed by atoms with Crippen LogP contribution in [0.25, 0.3) is 0 Å². The van der Waals surface area contributed by atoms with Crippen molar-refractivity contribution in [2.24, 2.45) is 17.4 Å². The van der Waals surface area contributed by atoms with Gasteiger partial charge in [0.25, 0.3) is 17.7 Å². The van der Waals surface area contributed by atoms with Crippen LogP contribution in [0, 0.1) is 5.92 Å². The molecule has 2 heterocycles. The van der Waals surface area contributed by atoms with E-state index in [1.54, 1.807) is 0 Å². The van der Waals surface area contributed by atoms with Crippen molar-refractivity contribution in [3.63, 3.8) is 0 Å². The number of nitrogens with two attached hydrogens (primary N) is 2. The molecule has 34 heavy (non-hydrogen) atoms. The SMILES string of the molecule is CCCCN1C(=O)C(=C(N)N)C(=O)N(C2CCC(CN3C(=O)NC(=O)C34CC(O)C4)CC2)C1=O. The lowest BCUT2D eigenvalue weighted by molar-refractivity contribution is -0.140. The van der Waals surface area contributed by atoms with Gasteiger partial charge in [0.15, 0.2) is 0 Å². The fourth-order valence-electron chi connectivity index (χ4n) is 5.56. The van der Waals surface area contributed by atoms with E-state index in [4.69, 9.17) is 11.5 Å². The number of aliphatic hydroxyl groups is 1. The Balaban J connectivity index is 1.44. The van der Waals surface area contributed by atoms with Crippen LogP contribution in [0.15, 0.2) is 11.4 Å². The van der Waals surface area contributed by atoms with Crippen molar-refractivity contribution in [2.45, 2.75) is 76.0 Å². The fourth-order valence-corrected chi connectivity index (χ4v) is 5.56. The van der Waals surface area contributed by atoms with Gasteiger partial charge in [-0.05, 0) is 38.0 Å². The molecule has 4 rings (SSSR count). The first-order valence-corrected chi connectivity index (χ1v) is 11.9. The predicted octanol–water partition coefficient (Wildman–Crippen LogP) is -0.290. The highest BCUT2D eigenvalue weighted by atomic mass is 16.3. The summed E-state index contributed by atoms with van der Waals surface area (Å²) in [6.07, 6.45) is 3.46. The molecule has 0 aromatic rings. The zero-order valence-electron chi connectivity index (χ0n) is 19.3. The molecule has 0 aromatic heterocycles. The number of amides is 7. The lowest BCUT2D eigenvalue weighted by Gasteiger charge is -2.47. The second-order valence-electron chi connectivity index (χ2n) is 9.74. The summed E-state index contributed by atoms with van der Waals surface area (Å²) in [6, 6.07) is -1.51. The van der Waals surface area contributed by atoms with Gasteiger partial charge in [-0.1, -0.05) is 13.3 Å². The highest BCUT2D eigenvalue weighted by molar-refractivity contribution is 6.29. The first kappa shape index (κ1) is 24.0. The Morgan fingerprint density at radius 2 is 1.71 bits per heavy atom. The van der Waals surface area contributed by atoms with Crippen LogP contribution in [-0.2, 0) is 14.4 Å². The van der Waals surface area contributed by atoms with Gasteiger partial charge in [0, 0.05) is 32.0 Å². The number of barbiturate groups is 1. The van der Waals surface area contributed by atoms with Crippen LogP contribution >= 0.6 is 0 Å². The molecule has 186 valence electrons. The molecule has 2 aliphatic carbocycles. The number of aliphatic hydroxyl groups excluding tert-OH is 1. The molecule has 6 N–H and O–H groups in total. The van der Waals surface area contributed by atoms with E-state index in [0.717, 1.165) is 16.2 Å². The highest BCUT2D eigenvalue weighted by Gasteiger charge is 2.60. The Kier molecular flexibility index (Phi) is 6.28. The minimum absolute atomic E-state index is 0.0740. The number of hydrogen-bond acceptors (Lipinski definition) is 8. The zero-order valence-corrected chi connectivity index (χ0v) is 19.3. The Morgan fingerprint density at radius 3 is 2.26 bits per heavy atom. The lowest BCUT2D eigenvalue weighted by Crippen LogP contribution is -2.62. The molecular weight excluding hydrogens is 444 g/mol. The van der Waals surface area contributed by atoms with Gasteiger partial charge >= 0.3 is 12.1 Å². The van der Waals surface area contributed by atoms with Crippen LogP contribution in [0.1, 0.15) is 58.3 Å². The summed E-state index contributed by atoms with van der Waals surface area (Å²) in [5, 5.41) is 12.1. The molecule has 2 saturated carbocycles. The molecular formula is C22H32N6O6. The third-order valence-electron chi connectivity index (χ3n) is 7.53. The predicted molar refractivity (Wildman–Crippen MR) is 118 cm³/mol. The van der Waals surface area contributed by atoms with Crippen molar-refractivity contribution in [1.82, 2.24) is 20.0 Å². The number of urea groups is 2. The van der Waals surface area contributed by atoms with E-state index in [1.165, 1.54) is 4.90 Å². The molecule has 4 fully saturated rings. The van der Waals surface area contributed by atoms with E-state index in [0.29, 0.717) is 38.6 Å². The van der Waals surface area contributed by atoms with E-state index in [-0.39, 0.29) is 36.8 Å². The third-order valence-corrected chi connectivity index (χ3v) is 7.53. The van der Waals surface area contributed by atoms with Crippen molar-refractivity contribution >= 4 is 29.8 Å². The summed E-state index contributed by atoms with van der Waals surface area (Å²) < 4.78 is 0. The molecule has 0 aromatic carbocycles. The lowest BCUT2D eigenvalue weighted by atomic mass is 9.72. The van der Waals surface area contributed by atoms with Gasteiger partial charge in [0.2, 0.25) is 0 Å². The first-order chi connectivity index (χ1) is 16.1. The van der Waals surface area contributed by atoms with E-state index in [9.17, 15) is 29.1 Å². The minimum Gasteiger partial charge on any atom is -0.393 e. The van der Waals surface area contributed by atoms with Crippen LogP contribution in [0.5, 0.6) is 0 Å². The van der Waals surface area contributed by atoms with E-state index in [1.807, 2.05) is 6.92 Å². The molecule has 0 atom stereocenters. The average Bonchev–Trinajstić information content (AvgIpc) is 2.99. The van der Waals surface area contributed by atoms with Crippen LogP contribution in [-0.4, -0.2) is 80.4 Å². The van der Waals surface area contributed by atoms with Gasteiger partial charge in [0.05, 0.1) is 6.10 Å². The van der Waals surface area contributed by atoms with Gasteiger partial charge in [-0.15, -0.1) is 0 Å². The molecule has 7 amide bonds. The molecule has 1 spiro atoms. The highest BCUT2D eigenvalue weighted by Crippen LogP contribution is 2.43. The van der Waals surface area contributed by atoms with Gasteiger partial charge in [-0.2, -0.15) is 0 Å². The molecule has 12 heteroatoms. The van der Waals surface area contributed by atoms with Crippen molar-refractivity contribution in [2.75, 3.05) is 13.1 Å². The zero-order chi connectivity index (χ0) is 24.8. The number of carbonyl (C=O) groups is 5. The topological polar surface area (TPSA) is 179 Å². The number of nitrogens with one attached hydrogen (secondary N) is 1. The molecule has 12 nitrogen and oxygen atoms in total. The maximum atomic E-state index is 13.1. The number of imide groups is 3. The quantitative estimate of drug-likeness (QED) is 0.229. The number of carbonyl (C=O) groups excluding carboxylic acids is 5. The fraction of sp³-hybridized carbons (Fsp3) is 0.682. The molecule has 2 aliphatic heterocycles. The second-order valence-corrected chi connectivity index (χ2v) is 9.74. The van der Waals surface area contributed by atoms with Crippen molar-refractivity contribution < 1.29 is 29.1 Å². The normalized spacial score (nSPS) is 31.9. The number of hydrogen-bond donors (Lipinski definition) is 4. The number of nitrogens with zero attached hydrogens (tertiary/aromatic N) is 3. The van der Waals surface area contributed by atoms with Crippen LogP contribution in [0.4, 0.5) is 9.59 Å². The monoisotopic (exact) mass is 476 g/mol. The van der Waals surface area contributed by atoms with Crippen LogP contribution < -0.4 is 16.8 Å². The van der Waals surface area contributed by atoms with Crippen molar-refractivity contribution in [3.05, 3.63) is 11.4 Å². The summed E-state index contributed by atoms with van der Waals surface area (Å²) in [5.41, 5.74) is 9.93. The van der Waals surface area contributed by atoms with Crippen LogP contribution in [0.3, 0.4) is 0 Å². The number of rotatable bonds is 6. The van der Waals surface area contributed by atoms with Gasteiger partial charge in [-0.3, -0.25) is 29.5 Å². The minimum atomic E-state index is -0.968. The summed E-state index contributed by atoms with van der Waals surface area (Å²) >= 11 is 0. The molecule has 2 saturated heterocycles. The molecule has 4 aliphatic rings. The summed E-state index contributed by atoms with van der Waals surface area (Å²) in [6.45, 7) is 2.47. The van der Waals surface area contributed by atoms with E-state index < -0.39 is 47.4 Å². The third kappa shape index (κ3) is 3.79. The van der Waals surface area contributed by atoms with E-state index >= 15 is 0 Å². The Labute approximate surface area is 197 Å². The van der Waals surface area contributed by atoms with Crippen LogP contribution in [0.2, 0.25) is 0 Å². The van der Waals surface area contributed by atoms with Crippen molar-refractivity contribution in [1.29, 1.82) is 0 Å². The standard InChI is InChI=1S/C22H32N6O6/c1-2-3-8-26-17(30)15(16(23)24)18(31)28(21(26)34)13-6-4-12(5-7-13)11-27-20(33)25-19(32)22(27)9-14(29)10-22/h12-14,29H,2-11,23-24H2,1H3,(H,25,32,33). The smallest absolute Gasteiger partial charge is 0.334 e. The Hall–Kier alpha value is -3.15. The second kappa shape index (κ2) is 8.90. The molecule has 0 unspecified atom stereocenters. The van der Waals surface area contributed by atoms with Gasteiger partial charge in [-0.25, -0.2) is 9.59 Å². The largest absolute Gasteiger partial charge is 0.393 e. The summed E-state index contributed by atoms with van der Waals surface area (Å²) in [4.78, 5) is 67.2. The maximum absolute atomic E-state index is 13.1. The Bertz CT molecular complexity index is 946. The first-order valence-electron chi connectivity index (χ1n) is 11.9. The summed E-state index contributed by atoms with van der Waals surface area (Å²) in [5.74, 6) is -2.22. The molecule has 0 radical (unpaired) electrons. The summed E-state index contributed by atoms with van der Waals surface area (Å²) in [7, 11) is 0. The van der Waals surface area contributed by atoms with Gasteiger partial charge in [0.1, 0.15) is 16.9 Å². The molecule has 0 bridgehead atoms. The number of unbranched alkanes of at least 4 members (excludes halogenated alkanes) is 1.